The molecule has 5 aromatic rings. The molecule has 1 atom stereocenters. The topological polar surface area (TPSA) is 120 Å². The average Bonchev–Trinajstić information content (AvgIpc) is 3.82. The number of halogens is 1. The van der Waals surface area contributed by atoms with Gasteiger partial charge in [0.05, 0.1) is 29.8 Å². The summed E-state index contributed by atoms with van der Waals surface area (Å²) in [5.74, 6) is 2.88. The van der Waals surface area contributed by atoms with Crippen molar-refractivity contribution in [3.05, 3.63) is 124 Å². The molecule has 3 heterocycles. The minimum Gasteiger partial charge on any atom is -0.493 e. The van der Waals surface area contributed by atoms with Gasteiger partial charge in [-0.25, -0.2) is 4.98 Å². The highest BCUT2D eigenvalue weighted by Gasteiger charge is 2.20. The Morgan fingerprint density at radius 1 is 0.962 bits per heavy atom. The summed E-state index contributed by atoms with van der Waals surface area (Å²) in [5.41, 5.74) is 7.63. The number of nitrogens with zero attached hydrogens (tertiary/aromatic N) is 5. The van der Waals surface area contributed by atoms with Gasteiger partial charge in [-0.15, -0.1) is 0 Å². The Balaban J connectivity index is 1.16. The van der Waals surface area contributed by atoms with Crippen molar-refractivity contribution in [2.75, 3.05) is 33.3 Å². The van der Waals surface area contributed by atoms with Gasteiger partial charge in [0, 0.05) is 68.2 Å². The molecule has 10 nitrogen and oxygen atoms in total. The number of H-pyrrole nitrogens is 1. The van der Waals surface area contributed by atoms with E-state index in [-0.39, 0.29) is 12.7 Å². The van der Waals surface area contributed by atoms with Crippen LogP contribution < -0.4 is 14.2 Å². The van der Waals surface area contributed by atoms with Crippen LogP contribution in [0.1, 0.15) is 52.0 Å². The van der Waals surface area contributed by atoms with Crippen LogP contribution in [-0.2, 0) is 26.3 Å². The first kappa shape index (κ1) is 36.9. The highest BCUT2D eigenvalue weighted by Crippen LogP contribution is 2.37. The van der Waals surface area contributed by atoms with E-state index in [0.717, 1.165) is 83.0 Å². The number of aromatic nitrogens is 3. The fourth-order valence-electron chi connectivity index (χ4n) is 6.56. The van der Waals surface area contributed by atoms with Gasteiger partial charge in [0.25, 0.3) is 0 Å². The number of nitriles is 1. The number of hydrogen-bond acceptors (Lipinski definition) is 9. The van der Waals surface area contributed by atoms with Gasteiger partial charge in [-0.2, -0.15) is 5.26 Å². The molecule has 1 fully saturated rings. The molecule has 0 bridgehead atoms. The zero-order valence-electron chi connectivity index (χ0n) is 29.9. The van der Waals surface area contributed by atoms with Gasteiger partial charge in [0.15, 0.2) is 0 Å². The molecule has 0 saturated carbocycles. The molecule has 2 N–H and O–H groups in total. The van der Waals surface area contributed by atoms with Crippen molar-refractivity contribution in [3.8, 4) is 34.4 Å². The van der Waals surface area contributed by atoms with Crippen LogP contribution >= 0.6 is 11.6 Å². The maximum Gasteiger partial charge on any atom is 0.142 e. The summed E-state index contributed by atoms with van der Waals surface area (Å²) in [7, 11) is 2.01. The zero-order chi connectivity index (χ0) is 36.5. The van der Waals surface area contributed by atoms with E-state index in [1.54, 1.807) is 24.7 Å². The average molecular weight is 721 g/mol. The van der Waals surface area contributed by atoms with Crippen molar-refractivity contribution in [3.63, 3.8) is 0 Å². The molecule has 1 aliphatic rings. The molecule has 270 valence electrons. The second kappa shape index (κ2) is 17.5. The fourth-order valence-corrected chi connectivity index (χ4v) is 6.80. The van der Waals surface area contributed by atoms with Gasteiger partial charge < -0.3 is 29.2 Å². The number of β-amino-alcohol motifs (C(OH)–C–C–N with tert-alkyl or cyclic N) is 1. The summed E-state index contributed by atoms with van der Waals surface area (Å²) in [6, 6.07) is 20.1. The molecule has 11 heteroatoms. The Hall–Kier alpha value is -4.92. The number of pyridine rings is 1. The third-order valence-electron chi connectivity index (χ3n) is 9.38. The number of benzene rings is 3. The number of imidazole rings is 1. The second-order valence-corrected chi connectivity index (χ2v) is 13.7. The van der Waals surface area contributed by atoms with Crippen molar-refractivity contribution in [1.29, 1.82) is 5.26 Å². The van der Waals surface area contributed by atoms with Crippen LogP contribution in [0, 0.1) is 25.2 Å². The number of rotatable bonds is 16. The minimum absolute atomic E-state index is 0.201. The molecule has 1 unspecified atom stereocenters. The Morgan fingerprint density at radius 3 is 2.54 bits per heavy atom. The SMILES string of the molecule is Cc1c(COc2cc(OCc3cncc(C#N)c3)c(CN(C)Cc3ncc[nH]3)cc2Cl)cccc1-c1cccc(OCCCN2CCC(O)C2)c1C. The number of hydrogen-bond donors (Lipinski definition) is 2. The lowest BCUT2D eigenvalue weighted by Gasteiger charge is -2.20. The number of nitrogens with one attached hydrogen (secondary N) is 1. The van der Waals surface area contributed by atoms with E-state index in [2.05, 4.69) is 68.9 Å². The lowest BCUT2D eigenvalue weighted by Crippen LogP contribution is -2.24. The maximum absolute atomic E-state index is 9.80. The van der Waals surface area contributed by atoms with E-state index in [0.29, 0.717) is 48.4 Å². The van der Waals surface area contributed by atoms with Gasteiger partial charge >= 0.3 is 0 Å². The lowest BCUT2D eigenvalue weighted by atomic mass is 9.93. The number of ether oxygens (including phenoxy) is 3. The molecule has 0 spiro atoms. The van der Waals surface area contributed by atoms with Crippen molar-refractivity contribution >= 4 is 11.6 Å². The van der Waals surface area contributed by atoms with E-state index in [9.17, 15) is 10.4 Å². The van der Waals surface area contributed by atoms with Crippen LogP contribution in [0.5, 0.6) is 17.2 Å². The molecule has 1 aliphatic heterocycles. The standard InChI is InChI=1S/C41H45ClN6O4/c1-28-32(7-4-8-35(28)36-9-5-10-38(29(36)2)50-16-6-14-48-15-11-34(49)24-48)27-52-40-19-39(51-26-31-17-30(20-43)21-44-22-31)33(18-37(40)42)23-47(3)25-41-45-12-13-46-41/h4-5,7-10,12-13,17-19,21-22,34,49H,6,11,14-16,23-27H2,1-3H3,(H,45,46). The molecule has 0 radical (unpaired) electrons. The van der Waals surface area contributed by atoms with Gasteiger partial charge in [-0.1, -0.05) is 41.9 Å². The Bertz CT molecular complexity index is 2000. The summed E-state index contributed by atoms with van der Waals surface area (Å²) in [4.78, 5) is 16.1. The van der Waals surface area contributed by atoms with E-state index in [1.165, 1.54) is 6.20 Å². The maximum atomic E-state index is 9.80. The summed E-state index contributed by atoms with van der Waals surface area (Å²) in [5, 5.41) is 19.6. The van der Waals surface area contributed by atoms with Crippen LogP contribution in [-0.4, -0.2) is 69.3 Å². The summed E-state index contributed by atoms with van der Waals surface area (Å²) in [6.45, 7) is 9.17. The molecule has 6 rings (SSSR count). The normalized spacial score (nSPS) is 14.4. The van der Waals surface area contributed by atoms with Crippen molar-refractivity contribution < 1.29 is 19.3 Å². The molecule has 0 aliphatic carbocycles. The number of likely N-dealkylation sites (tertiary alicyclic amines) is 1. The third kappa shape index (κ3) is 9.49. The zero-order valence-corrected chi connectivity index (χ0v) is 30.7. The molecule has 1 saturated heterocycles. The molecule has 3 aromatic carbocycles. The van der Waals surface area contributed by atoms with Crippen LogP contribution in [0.15, 0.2) is 79.4 Å². The van der Waals surface area contributed by atoms with Crippen LogP contribution in [0.2, 0.25) is 5.02 Å². The van der Waals surface area contributed by atoms with Crippen molar-refractivity contribution in [1.82, 2.24) is 24.8 Å². The predicted molar refractivity (Wildman–Crippen MR) is 201 cm³/mol. The number of aliphatic hydroxyl groups excluding tert-OH is 1. The van der Waals surface area contributed by atoms with Crippen LogP contribution in [0.25, 0.3) is 11.1 Å². The first-order valence-corrected chi connectivity index (χ1v) is 18.0. The summed E-state index contributed by atoms with van der Waals surface area (Å²) < 4.78 is 19.0. The third-order valence-corrected chi connectivity index (χ3v) is 9.67. The van der Waals surface area contributed by atoms with Crippen LogP contribution in [0.3, 0.4) is 0 Å². The van der Waals surface area contributed by atoms with Gasteiger partial charge in [0.1, 0.15) is 42.4 Å². The Labute approximate surface area is 310 Å². The van der Waals surface area contributed by atoms with Crippen molar-refractivity contribution in [2.24, 2.45) is 0 Å². The van der Waals surface area contributed by atoms with E-state index < -0.39 is 0 Å². The molecule has 52 heavy (non-hydrogen) atoms. The quantitative estimate of drug-likeness (QED) is 0.102. The summed E-state index contributed by atoms with van der Waals surface area (Å²) in [6.07, 6.45) is 8.32. The monoisotopic (exact) mass is 720 g/mol. The summed E-state index contributed by atoms with van der Waals surface area (Å²) >= 11 is 6.86. The minimum atomic E-state index is -0.201. The predicted octanol–water partition coefficient (Wildman–Crippen LogP) is 7.24. The second-order valence-electron chi connectivity index (χ2n) is 13.3. The van der Waals surface area contributed by atoms with Gasteiger partial charge in [0.2, 0.25) is 0 Å². The van der Waals surface area contributed by atoms with Gasteiger partial charge in [-0.3, -0.25) is 9.88 Å². The number of aliphatic hydroxyl groups is 1. The van der Waals surface area contributed by atoms with E-state index >= 15 is 0 Å². The van der Waals surface area contributed by atoms with Crippen molar-refractivity contribution in [2.45, 2.75) is 59.1 Å². The smallest absolute Gasteiger partial charge is 0.142 e. The lowest BCUT2D eigenvalue weighted by molar-refractivity contribution is 0.173. The molecule has 2 aromatic heterocycles. The molecular formula is C41H45ClN6O4. The fraction of sp³-hybridized carbons (Fsp3) is 0.341. The Morgan fingerprint density at radius 2 is 1.77 bits per heavy atom. The van der Waals surface area contributed by atoms with Crippen LogP contribution in [0.4, 0.5) is 0 Å². The molecule has 0 amide bonds. The highest BCUT2D eigenvalue weighted by molar-refractivity contribution is 6.32. The number of aromatic amines is 1. The van der Waals surface area contributed by atoms with E-state index in [1.807, 2.05) is 31.3 Å². The highest BCUT2D eigenvalue weighted by atomic mass is 35.5. The first-order valence-electron chi connectivity index (χ1n) is 17.6. The largest absolute Gasteiger partial charge is 0.493 e. The Kier molecular flexibility index (Phi) is 12.4. The first-order chi connectivity index (χ1) is 25.3. The van der Waals surface area contributed by atoms with E-state index in [4.69, 9.17) is 25.8 Å². The van der Waals surface area contributed by atoms with Gasteiger partial charge in [-0.05, 0) is 79.8 Å². The molecular weight excluding hydrogens is 676 g/mol.